The van der Waals surface area contributed by atoms with E-state index in [0.29, 0.717) is 13.2 Å². The van der Waals surface area contributed by atoms with Crippen LogP contribution in [0.3, 0.4) is 0 Å². The summed E-state index contributed by atoms with van der Waals surface area (Å²) in [7, 11) is 1.99. The summed E-state index contributed by atoms with van der Waals surface area (Å²) in [5, 5.41) is 10.7. The number of aliphatic hydroxyl groups is 1. The number of nitrogens with zero attached hydrogens (tertiary/aromatic N) is 3. The van der Waals surface area contributed by atoms with Gasteiger partial charge in [-0.15, -0.1) is 0 Å². The van der Waals surface area contributed by atoms with E-state index in [2.05, 4.69) is 9.88 Å². The van der Waals surface area contributed by atoms with E-state index in [1.807, 2.05) is 49.0 Å². The monoisotopic (exact) mass is 301 g/mol. The molecule has 2 aromatic rings. The quantitative estimate of drug-likeness (QED) is 0.914. The van der Waals surface area contributed by atoms with Gasteiger partial charge in [-0.3, -0.25) is 4.90 Å². The lowest BCUT2D eigenvalue weighted by Crippen LogP contribution is -2.39. The minimum absolute atomic E-state index is 0.333. The molecule has 1 atom stereocenters. The third-order valence-electron chi connectivity index (χ3n) is 4.30. The van der Waals surface area contributed by atoms with Crippen LogP contribution in [0.25, 0.3) is 0 Å². The Kier molecular flexibility index (Phi) is 4.18. The lowest BCUT2D eigenvalue weighted by atomic mass is 10.1. The third-order valence-corrected chi connectivity index (χ3v) is 4.30. The molecule has 0 radical (unpaired) electrons. The van der Waals surface area contributed by atoms with Crippen LogP contribution >= 0.6 is 0 Å². The van der Waals surface area contributed by atoms with Crippen molar-refractivity contribution in [3.63, 3.8) is 0 Å². The molecule has 3 rings (SSSR count). The van der Waals surface area contributed by atoms with E-state index in [-0.39, 0.29) is 0 Å². The predicted molar refractivity (Wildman–Crippen MR) is 84.7 cm³/mol. The number of rotatable bonds is 5. The van der Waals surface area contributed by atoms with Gasteiger partial charge < -0.3 is 14.4 Å². The molecule has 5 heteroatoms. The maximum absolute atomic E-state index is 10.7. The summed E-state index contributed by atoms with van der Waals surface area (Å²) in [6.07, 6.45) is 4.41. The maximum Gasteiger partial charge on any atom is 0.122 e. The highest BCUT2D eigenvalue weighted by atomic mass is 16.5. The standard InChI is InChI=1S/C17H23N3O2/c1-14-5-3-4-6-16(14)22-12-17(21)7-8-20(11-17)10-15-9-18-13-19(15)2/h3-6,9,13,21H,7-8,10-12H2,1-2H3. The van der Waals surface area contributed by atoms with Gasteiger partial charge in [-0.1, -0.05) is 18.2 Å². The molecule has 5 nitrogen and oxygen atoms in total. The predicted octanol–water partition coefficient (Wildman–Crippen LogP) is 1.74. The normalized spacial score (nSPS) is 22.1. The molecular weight excluding hydrogens is 278 g/mol. The number of β-amino-alcohol motifs (C(OH)–C–C–N with tert-alkyl or cyclic N) is 1. The summed E-state index contributed by atoms with van der Waals surface area (Å²) in [6.45, 7) is 4.66. The summed E-state index contributed by atoms with van der Waals surface area (Å²) in [4.78, 5) is 6.38. The van der Waals surface area contributed by atoms with Crippen LogP contribution in [-0.2, 0) is 13.6 Å². The molecule has 1 fully saturated rings. The van der Waals surface area contributed by atoms with Gasteiger partial charge in [-0.2, -0.15) is 0 Å². The lowest BCUT2D eigenvalue weighted by Gasteiger charge is -2.24. The Bertz CT molecular complexity index is 640. The second-order valence-electron chi connectivity index (χ2n) is 6.24. The Labute approximate surface area is 131 Å². The number of aromatic nitrogens is 2. The molecule has 1 aliphatic heterocycles. The largest absolute Gasteiger partial charge is 0.490 e. The fourth-order valence-corrected chi connectivity index (χ4v) is 2.89. The Morgan fingerprint density at radius 3 is 2.91 bits per heavy atom. The zero-order chi connectivity index (χ0) is 15.6. The van der Waals surface area contributed by atoms with Crippen molar-refractivity contribution in [3.05, 3.63) is 48.0 Å². The highest BCUT2D eigenvalue weighted by Crippen LogP contribution is 2.25. The lowest BCUT2D eigenvalue weighted by molar-refractivity contribution is 0.00306. The molecule has 1 aromatic heterocycles. The van der Waals surface area contributed by atoms with Crippen molar-refractivity contribution < 1.29 is 9.84 Å². The molecule has 0 saturated carbocycles. The van der Waals surface area contributed by atoms with Crippen LogP contribution in [0.5, 0.6) is 5.75 Å². The van der Waals surface area contributed by atoms with Gasteiger partial charge in [0.1, 0.15) is 18.0 Å². The zero-order valence-corrected chi connectivity index (χ0v) is 13.2. The van der Waals surface area contributed by atoms with Crippen LogP contribution < -0.4 is 4.74 Å². The van der Waals surface area contributed by atoms with Crippen LogP contribution in [0.15, 0.2) is 36.8 Å². The molecule has 22 heavy (non-hydrogen) atoms. The van der Waals surface area contributed by atoms with E-state index in [4.69, 9.17) is 4.74 Å². The molecule has 1 aliphatic rings. The Morgan fingerprint density at radius 1 is 1.36 bits per heavy atom. The molecule has 1 N–H and O–H groups in total. The van der Waals surface area contributed by atoms with E-state index in [1.165, 1.54) is 0 Å². The fourth-order valence-electron chi connectivity index (χ4n) is 2.89. The first-order valence-corrected chi connectivity index (χ1v) is 7.64. The van der Waals surface area contributed by atoms with Crippen molar-refractivity contribution in [2.45, 2.75) is 25.5 Å². The topological polar surface area (TPSA) is 50.5 Å². The van der Waals surface area contributed by atoms with Crippen LogP contribution in [0, 0.1) is 6.92 Å². The molecule has 1 aromatic carbocycles. The first-order chi connectivity index (χ1) is 10.6. The number of aryl methyl sites for hydroxylation is 2. The van der Waals surface area contributed by atoms with E-state index < -0.39 is 5.60 Å². The highest BCUT2D eigenvalue weighted by molar-refractivity contribution is 5.31. The number of para-hydroxylation sites is 1. The molecule has 118 valence electrons. The fraction of sp³-hybridized carbons (Fsp3) is 0.471. The van der Waals surface area contributed by atoms with E-state index in [0.717, 1.165) is 36.5 Å². The van der Waals surface area contributed by atoms with Crippen LogP contribution in [0.1, 0.15) is 17.7 Å². The van der Waals surface area contributed by atoms with Crippen molar-refractivity contribution in [2.24, 2.45) is 7.05 Å². The molecule has 1 saturated heterocycles. The average Bonchev–Trinajstić information content (AvgIpc) is 3.06. The second-order valence-corrected chi connectivity index (χ2v) is 6.24. The van der Waals surface area contributed by atoms with Gasteiger partial charge in [-0.05, 0) is 25.0 Å². The van der Waals surface area contributed by atoms with Crippen LogP contribution in [0.2, 0.25) is 0 Å². The van der Waals surface area contributed by atoms with E-state index in [9.17, 15) is 5.11 Å². The van der Waals surface area contributed by atoms with Crippen molar-refractivity contribution in [1.82, 2.24) is 14.5 Å². The molecule has 2 heterocycles. The van der Waals surface area contributed by atoms with Gasteiger partial charge in [0, 0.05) is 32.9 Å². The molecule has 0 spiro atoms. The summed E-state index contributed by atoms with van der Waals surface area (Å²) in [5.41, 5.74) is 1.47. The Morgan fingerprint density at radius 2 is 2.18 bits per heavy atom. The molecule has 0 amide bonds. The Hall–Kier alpha value is -1.85. The van der Waals surface area contributed by atoms with Crippen LogP contribution in [-0.4, -0.2) is 44.9 Å². The average molecular weight is 301 g/mol. The summed E-state index contributed by atoms with van der Waals surface area (Å²) >= 11 is 0. The van der Waals surface area contributed by atoms with Gasteiger partial charge in [0.25, 0.3) is 0 Å². The number of ether oxygens (including phenoxy) is 1. The van der Waals surface area contributed by atoms with Crippen molar-refractivity contribution in [3.8, 4) is 5.75 Å². The van der Waals surface area contributed by atoms with Gasteiger partial charge >= 0.3 is 0 Å². The third kappa shape index (κ3) is 3.31. The minimum atomic E-state index is -0.777. The minimum Gasteiger partial charge on any atom is -0.490 e. The molecule has 0 aliphatic carbocycles. The molecule has 0 bridgehead atoms. The summed E-state index contributed by atoms with van der Waals surface area (Å²) < 4.78 is 7.85. The van der Waals surface area contributed by atoms with Crippen molar-refractivity contribution in [2.75, 3.05) is 19.7 Å². The Balaban J connectivity index is 1.56. The zero-order valence-electron chi connectivity index (χ0n) is 13.2. The number of likely N-dealkylation sites (tertiary alicyclic amines) is 1. The summed E-state index contributed by atoms with van der Waals surface area (Å²) in [6, 6.07) is 7.90. The summed E-state index contributed by atoms with van der Waals surface area (Å²) in [5.74, 6) is 0.848. The SMILES string of the molecule is Cc1ccccc1OCC1(O)CCN(Cc2cncn2C)C1. The number of hydrogen-bond donors (Lipinski definition) is 1. The van der Waals surface area contributed by atoms with Crippen LogP contribution in [0.4, 0.5) is 0 Å². The van der Waals surface area contributed by atoms with Crippen molar-refractivity contribution >= 4 is 0 Å². The van der Waals surface area contributed by atoms with E-state index >= 15 is 0 Å². The maximum atomic E-state index is 10.7. The molecule has 1 unspecified atom stereocenters. The van der Waals surface area contributed by atoms with Gasteiger partial charge in [-0.25, -0.2) is 4.98 Å². The van der Waals surface area contributed by atoms with Gasteiger partial charge in [0.05, 0.1) is 12.0 Å². The first-order valence-electron chi connectivity index (χ1n) is 7.64. The second kappa shape index (κ2) is 6.10. The highest BCUT2D eigenvalue weighted by Gasteiger charge is 2.37. The smallest absolute Gasteiger partial charge is 0.122 e. The van der Waals surface area contributed by atoms with Crippen molar-refractivity contribution in [1.29, 1.82) is 0 Å². The first kappa shape index (κ1) is 15.1. The number of hydrogen-bond acceptors (Lipinski definition) is 4. The van der Waals surface area contributed by atoms with Gasteiger partial charge in [0.2, 0.25) is 0 Å². The molecular formula is C17H23N3O2. The van der Waals surface area contributed by atoms with E-state index in [1.54, 1.807) is 6.33 Å². The van der Waals surface area contributed by atoms with Gasteiger partial charge in [0.15, 0.2) is 0 Å². The number of imidazole rings is 1. The number of benzene rings is 1.